The second-order valence-electron chi connectivity index (χ2n) is 5.85. The van der Waals surface area contributed by atoms with Gasteiger partial charge in [0.25, 0.3) is 5.56 Å². The molecule has 0 aliphatic heterocycles. The summed E-state index contributed by atoms with van der Waals surface area (Å²) in [4.78, 5) is 14.9. The van der Waals surface area contributed by atoms with Crippen LogP contribution in [0.1, 0.15) is 37.6 Å². The van der Waals surface area contributed by atoms with Crippen LogP contribution < -0.4 is 5.56 Å². The Balaban J connectivity index is 2.72. The van der Waals surface area contributed by atoms with Crippen molar-refractivity contribution in [3.8, 4) is 23.3 Å². The minimum atomic E-state index is -0.385. The van der Waals surface area contributed by atoms with Crippen LogP contribution >= 0.6 is 0 Å². The van der Waals surface area contributed by atoms with Gasteiger partial charge in [0.2, 0.25) is 0 Å². The molecule has 0 amide bonds. The molecule has 104 valence electrons. The number of pyridine rings is 1. The van der Waals surface area contributed by atoms with Crippen LogP contribution in [-0.4, -0.2) is 4.98 Å². The fourth-order valence-corrected chi connectivity index (χ4v) is 2.03. The van der Waals surface area contributed by atoms with Crippen LogP contribution in [0.2, 0.25) is 0 Å². The van der Waals surface area contributed by atoms with E-state index in [1.165, 1.54) is 0 Å². The highest BCUT2D eigenvalue weighted by molar-refractivity contribution is 5.71. The third-order valence-corrected chi connectivity index (χ3v) is 3.28. The van der Waals surface area contributed by atoms with Gasteiger partial charge in [0.15, 0.2) is 0 Å². The monoisotopic (exact) mass is 277 g/mol. The summed E-state index contributed by atoms with van der Waals surface area (Å²) in [6, 6.07) is 12.7. The van der Waals surface area contributed by atoms with Crippen molar-refractivity contribution < 1.29 is 0 Å². The van der Waals surface area contributed by atoms with Gasteiger partial charge in [0.1, 0.15) is 11.6 Å². The Kier molecular flexibility index (Phi) is 3.65. The number of nitriles is 2. The van der Waals surface area contributed by atoms with Gasteiger partial charge in [-0.3, -0.25) is 4.79 Å². The summed E-state index contributed by atoms with van der Waals surface area (Å²) in [7, 11) is 0. The minimum absolute atomic E-state index is 0.0905. The van der Waals surface area contributed by atoms with E-state index in [0.29, 0.717) is 11.1 Å². The molecule has 1 N–H and O–H groups in total. The van der Waals surface area contributed by atoms with Crippen LogP contribution in [0.3, 0.4) is 0 Å². The number of H-pyrrole nitrogens is 1. The number of rotatable bonds is 1. The molecule has 0 atom stereocenters. The lowest BCUT2D eigenvalue weighted by Gasteiger charge is -2.19. The summed E-state index contributed by atoms with van der Waals surface area (Å²) in [5, 5.41) is 18.1. The fourth-order valence-electron chi connectivity index (χ4n) is 2.03. The Labute approximate surface area is 123 Å². The number of nitrogens with one attached hydrogen (secondary N) is 1. The fraction of sp³-hybridized carbons (Fsp3) is 0.235. The van der Waals surface area contributed by atoms with Gasteiger partial charge in [0.05, 0.1) is 11.6 Å². The molecule has 0 spiro atoms. The lowest BCUT2D eigenvalue weighted by atomic mass is 9.88. The molecule has 0 aliphatic rings. The summed E-state index contributed by atoms with van der Waals surface area (Å²) in [5.74, 6) is 0. The molecule has 0 unspecified atom stereocenters. The summed E-state index contributed by atoms with van der Waals surface area (Å²) in [5.41, 5.74) is 2.13. The number of nitrogens with zero attached hydrogens (tertiary/aromatic N) is 2. The topological polar surface area (TPSA) is 80.4 Å². The highest BCUT2D eigenvalue weighted by atomic mass is 16.1. The first kappa shape index (κ1) is 14.6. The van der Waals surface area contributed by atoms with Crippen LogP contribution in [-0.2, 0) is 5.41 Å². The molecule has 0 saturated carbocycles. The van der Waals surface area contributed by atoms with Crippen molar-refractivity contribution in [2.75, 3.05) is 0 Å². The predicted octanol–water partition coefficient (Wildman–Crippen LogP) is 3.08. The zero-order valence-corrected chi connectivity index (χ0v) is 12.2. The molecule has 2 rings (SSSR count). The van der Waals surface area contributed by atoms with E-state index in [1.807, 2.05) is 39.0 Å². The van der Waals surface area contributed by atoms with Gasteiger partial charge in [-0.05, 0) is 23.8 Å². The lowest BCUT2D eigenvalue weighted by Crippen LogP contribution is -2.22. The minimum Gasteiger partial charge on any atom is -0.325 e. The highest BCUT2D eigenvalue weighted by Crippen LogP contribution is 2.27. The van der Waals surface area contributed by atoms with E-state index in [9.17, 15) is 10.1 Å². The first-order valence-corrected chi connectivity index (χ1v) is 6.55. The molecule has 1 heterocycles. The van der Waals surface area contributed by atoms with E-state index in [1.54, 1.807) is 24.3 Å². The maximum Gasteiger partial charge on any atom is 0.266 e. The summed E-state index contributed by atoms with van der Waals surface area (Å²) >= 11 is 0. The molecular weight excluding hydrogens is 262 g/mol. The van der Waals surface area contributed by atoms with Gasteiger partial charge < -0.3 is 4.98 Å². The largest absolute Gasteiger partial charge is 0.325 e. The van der Waals surface area contributed by atoms with Gasteiger partial charge in [-0.1, -0.05) is 32.9 Å². The average molecular weight is 277 g/mol. The maximum atomic E-state index is 12.1. The second-order valence-corrected chi connectivity index (χ2v) is 5.85. The van der Waals surface area contributed by atoms with E-state index in [-0.39, 0.29) is 16.5 Å². The van der Waals surface area contributed by atoms with Crippen molar-refractivity contribution >= 4 is 0 Å². The normalized spacial score (nSPS) is 10.7. The first-order valence-electron chi connectivity index (χ1n) is 6.55. The van der Waals surface area contributed by atoms with Crippen LogP contribution in [0.5, 0.6) is 0 Å². The standard InChI is InChI=1S/C17H15N3O/c1-17(2,3)15-8-13(14(10-19)16(21)20-15)12-6-4-11(9-18)5-7-12/h4-8H,1-3H3,(H,20,21). The van der Waals surface area contributed by atoms with Crippen LogP contribution in [0, 0.1) is 22.7 Å². The Hall–Kier alpha value is -2.85. The van der Waals surface area contributed by atoms with E-state index in [2.05, 4.69) is 4.98 Å². The molecular formula is C17H15N3O. The Morgan fingerprint density at radius 1 is 1.05 bits per heavy atom. The Bertz CT molecular complexity index is 810. The maximum absolute atomic E-state index is 12.1. The van der Waals surface area contributed by atoms with Crippen LogP contribution in [0.25, 0.3) is 11.1 Å². The van der Waals surface area contributed by atoms with Gasteiger partial charge in [-0.2, -0.15) is 10.5 Å². The van der Waals surface area contributed by atoms with E-state index in [4.69, 9.17) is 5.26 Å². The van der Waals surface area contributed by atoms with Crippen LogP contribution in [0.4, 0.5) is 0 Å². The SMILES string of the molecule is CC(C)(C)c1cc(-c2ccc(C#N)cc2)c(C#N)c(=O)[nH]1. The van der Waals surface area contributed by atoms with Crippen molar-refractivity contribution in [2.24, 2.45) is 0 Å². The zero-order chi connectivity index (χ0) is 15.6. The number of aromatic amines is 1. The molecule has 4 heteroatoms. The van der Waals surface area contributed by atoms with Gasteiger partial charge >= 0.3 is 0 Å². The Morgan fingerprint density at radius 3 is 2.14 bits per heavy atom. The molecule has 0 fully saturated rings. The van der Waals surface area contributed by atoms with Crippen molar-refractivity contribution in [3.63, 3.8) is 0 Å². The molecule has 0 bridgehead atoms. The number of hydrogen-bond acceptors (Lipinski definition) is 3. The van der Waals surface area contributed by atoms with Crippen LogP contribution in [0.15, 0.2) is 35.1 Å². The molecule has 2 aromatic rings. The summed E-state index contributed by atoms with van der Waals surface area (Å²) < 4.78 is 0. The Morgan fingerprint density at radius 2 is 1.67 bits per heavy atom. The van der Waals surface area contributed by atoms with Gasteiger partial charge in [-0.25, -0.2) is 0 Å². The van der Waals surface area contributed by atoms with Crippen molar-refractivity contribution in [1.82, 2.24) is 4.98 Å². The number of aromatic nitrogens is 1. The quantitative estimate of drug-likeness (QED) is 0.869. The first-order chi connectivity index (χ1) is 9.86. The molecule has 0 radical (unpaired) electrons. The predicted molar refractivity (Wildman–Crippen MR) is 80.6 cm³/mol. The molecule has 1 aromatic heterocycles. The van der Waals surface area contributed by atoms with E-state index < -0.39 is 0 Å². The number of benzene rings is 1. The third-order valence-electron chi connectivity index (χ3n) is 3.28. The van der Waals surface area contributed by atoms with Crippen molar-refractivity contribution in [2.45, 2.75) is 26.2 Å². The molecule has 0 aliphatic carbocycles. The molecule has 21 heavy (non-hydrogen) atoms. The molecule has 4 nitrogen and oxygen atoms in total. The number of hydrogen-bond donors (Lipinski definition) is 1. The van der Waals surface area contributed by atoms with Gasteiger partial charge in [0, 0.05) is 16.7 Å². The molecule has 1 aromatic carbocycles. The highest BCUT2D eigenvalue weighted by Gasteiger charge is 2.19. The third kappa shape index (κ3) is 2.85. The lowest BCUT2D eigenvalue weighted by molar-refractivity contribution is 0.567. The molecule has 0 saturated heterocycles. The van der Waals surface area contributed by atoms with E-state index >= 15 is 0 Å². The summed E-state index contributed by atoms with van der Waals surface area (Å²) in [6.45, 7) is 5.98. The second kappa shape index (κ2) is 5.26. The zero-order valence-electron chi connectivity index (χ0n) is 12.2. The van der Waals surface area contributed by atoms with Crippen molar-refractivity contribution in [1.29, 1.82) is 10.5 Å². The van der Waals surface area contributed by atoms with E-state index in [0.717, 1.165) is 11.3 Å². The van der Waals surface area contributed by atoms with Crippen molar-refractivity contribution in [3.05, 3.63) is 57.5 Å². The smallest absolute Gasteiger partial charge is 0.266 e. The van der Waals surface area contributed by atoms with Gasteiger partial charge in [-0.15, -0.1) is 0 Å². The average Bonchev–Trinajstić information content (AvgIpc) is 2.45. The summed E-state index contributed by atoms with van der Waals surface area (Å²) in [6.07, 6.45) is 0.